The molecule has 6 heteroatoms. The van der Waals surface area contributed by atoms with Crippen molar-refractivity contribution in [2.24, 2.45) is 0 Å². The second-order valence-electron chi connectivity index (χ2n) is 12.5. The van der Waals surface area contributed by atoms with Crippen molar-refractivity contribution < 1.29 is 0 Å². The van der Waals surface area contributed by atoms with Gasteiger partial charge in [0.05, 0.1) is 44.8 Å². The van der Waals surface area contributed by atoms with Crippen molar-refractivity contribution in [2.75, 3.05) is 0 Å². The molecule has 10 rings (SSSR count). The summed E-state index contributed by atoms with van der Waals surface area (Å²) in [5, 5.41) is 6.66. The average molecular weight is 639 g/mol. The van der Waals surface area contributed by atoms with E-state index in [1.165, 1.54) is 0 Å². The summed E-state index contributed by atoms with van der Waals surface area (Å²) in [6.07, 6.45) is 5.11. The summed E-state index contributed by atoms with van der Waals surface area (Å²) in [4.78, 5) is 28.1. The SMILES string of the molecule is c1cnc2c(c1)ccc1ccc(-c3ccc4cc(-c5ccc6ccc(-c7ccc8ccc(-c9ccncn9)nc8c7)cc6n5)ccc4c3)nc12. The molecule has 0 unspecified atom stereocenters. The lowest BCUT2D eigenvalue weighted by Crippen LogP contribution is -1.90. The summed E-state index contributed by atoms with van der Waals surface area (Å²) in [6, 6.07) is 48.6. The molecule has 5 aromatic heterocycles. The number of benzene rings is 5. The zero-order valence-corrected chi connectivity index (χ0v) is 26.7. The monoisotopic (exact) mass is 638 g/mol. The third kappa shape index (κ3) is 4.90. The molecular weight excluding hydrogens is 613 g/mol. The Morgan fingerprint density at radius 1 is 0.320 bits per heavy atom. The zero-order valence-electron chi connectivity index (χ0n) is 26.7. The van der Waals surface area contributed by atoms with Crippen LogP contribution < -0.4 is 0 Å². The van der Waals surface area contributed by atoms with E-state index < -0.39 is 0 Å². The number of fused-ring (bicyclic) bond motifs is 6. The van der Waals surface area contributed by atoms with Crippen LogP contribution >= 0.6 is 0 Å². The standard InChI is InChI=1S/C44H26N6/c1-2-29-5-6-30-15-17-38(50-44(30)43(29)46-20-1)36-12-10-31-22-35(11-9-32(31)23-36)37-16-13-27-3-7-33(24-41(27)48-37)34-8-4-28-14-18-40(49-42(28)25-34)39-19-21-45-26-47-39/h1-26H. The number of rotatable bonds is 4. The molecule has 0 radical (unpaired) electrons. The summed E-state index contributed by atoms with van der Waals surface area (Å²) >= 11 is 0. The Labute approximate surface area is 286 Å². The molecular formula is C44H26N6. The summed E-state index contributed by atoms with van der Waals surface area (Å²) in [7, 11) is 0. The Bertz CT molecular complexity index is 2940. The van der Waals surface area contributed by atoms with Gasteiger partial charge >= 0.3 is 0 Å². The van der Waals surface area contributed by atoms with Crippen molar-refractivity contribution in [2.45, 2.75) is 0 Å². The van der Waals surface area contributed by atoms with Gasteiger partial charge in [-0.05, 0) is 76.5 Å². The molecule has 5 aromatic carbocycles. The van der Waals surface area contributed by atoms with Crippen LogP contribution in [0.3, 0.4) is 0 Å². The lowest BCUT2D eigenvalue weighted by atomic mass is 9.99. The van der Waals surface area contributed by atoms with Crippen molar-refractivity contribution in [3.63, 3.8) is 0 Å². The van der Waals surface area contributed by atoms with Gasteiger partial charge in [0.15, 0.2) is 0 Å². The molecule has 10 aromatic rings. The topological polar surface area (TPSA) is 77.3 Å². The van der Waals surface area contributed by atoms with Gasteiger partial charge in [0.25, 0.3) is 0 Å². The third-order valence-corrected chi connectivity index (χ3v) is 9.43. The predicted octanol–water partition coefficient (Wildman–Crippen LogP) is 10.5. The van der Waals surface area contributed by atoms with Gasteiger partial charge in [-0.2, -0.15) is 0 Å². The fourth-order valence-electron chi connectivity index (χ4n) is 6.79. The predicted molar refractivity (Wildman–Crippen MR) is 202 cm³/mol. The normalized spacial score (nSPS) is 11.6. The van der Waals surface area contributed by atoms with Gasteiger partial charge in [-0.3, -0.25) is 4.98 Å². The Kier molecular flexibility index (Phi) is 6.39. The van der Waals surface area contributed by atoms with Crippen molar-refractivity contribution in [1.29, 1.82) is 0 Å². The first-order valence-electron chi connectivity index (χ1n) is 16.5. The zero-order chi connectivity index (χ0) is 33.0. The van der Waals surface area contributed by atoms with Crippen LogP contribution in [0.25, 0.3) is 99.4 Å². The van der Waals surface area contributed by atoms with Crippen LogP contribution in [0, 0.1) is 0 Å². The van der Waals surface area contributed by atoms with E-state index in [2.05, 4.69) is 136 Å². The summed E-state index contributed by atoms with van der Waals surface area (Å²) in [6.45, 7) is 0. The van der Waals surface area contributed by atoms with E-state index in [0.29, 0.717) is 0 Å². The van der Waals surface area contributed by atoms with E-state index in [0.717, 1.165) is 99.4 Å². The molecule has 0 amide bonds. The van der Waals surface area contributed by atoms with Gasteiger partial charge < -0.3 is 0 Å². The Morgan fingerprint density at radius 3 is 1.54 bits per heavy atom. The second kappa shape index (κ2) is 11.4. The van der Waals surface area contributed by atoms with E-state index in [-0.39, 0.29) is 0 Å². The maximum Gasteiger partial charge on any atom is 0.116 e. The number of aromatic nitrogens is 6. The molecule has 6 nitrogen and oxygen atoms in total. The smallest absolute Gasteiger partial charge is 0.116 e. The summed E-state index contributed by atoms with van der Waals surface area (Å²) in [5.74, 6) is 0. The van der Waals surface area contributed by atoms with Crippen LogP contribution in [0.4, 0.5) is 0 Å². The van der Waals surface area contributed by atoms with Crippen molar-refractivity contribution in [1.82, 2.24) is 29.9 Å². The average Bonchev–Trinajstić information content (AvgIpc) is 3.19. The third-order valence-electron chi connectivity index (χ3n) is 9.43. The van der Waals surface area contributed by atoms with Crippen LogP contribution in [-0.4, -0.2) is 29.9 Å². The molecule has 0 atom stereocenters. The number of pyridine rings is 4. The molecule has 0 N–H and O–H groups in total. The number of hydrogen-bond acceptors (Lipinski definition) is 6. The molecule has 0 saturated carbocycles. The lowest BCUT2D eigenvalue weighted by molar-refractivity contribution is 1.16. The highest BCUT2D eigenvalue weighted by Gasteiger charge is 2.10. The van der Waals surface area contributed by atoms with Gasteiger partial charge in [0.1, 0.15) is 6.33 Å². The van der Waals surface area contributed by atoms with Crippen molar-refractivity contribution in [3.8, 4) is 45.0 Å². The molecule has 0 spiro atoms. The summed E-state index contributed by atoms with van der Waals surface area (Å²) in [5.41, 5.74) is 11.5. The molecule has 232 valence electrons. The van der Waals surface area contributed by atoms with Crippen LogP contribution in [0.15, 0.2) is 158 Å². The van der Waals surface area contributed by atoms with Crippen molar-refractivity contribution >= 4 is 54.4 Å². The van der Waals surface area contributed by atoms with E-state index in [4.69, 9.17) is 15.0 Å². The molecule has 0 saturated heterocycles. The minimum absolute atomic E-state index is 0.803. The minimum Gasteiger partial charge on any atom is -0.254 e. The van der Waals surface area contributed by atoms with Crippen LogP contribution in [-0.2, 0) is 0 Å². The largest absolute Gasteiger partial charge is 0.254 e. The maximum absolute atomic E-state index is 5.13. The molecule has 0 bridgehead atoms. The quantitative estimate of drug-likeness (QED) is 0.179. The molecule has 0 aliphatic heterocycles. The molecule has 0 fully saturated rings. The van der Waals surface area contributed by atoms with Gasteiger partial charge in [-0.25, -0.2) is 24.9 Å². The first-order valence-corrected chi connectivity index (χ1v) is 16.5. The number of nitrogens with zero attached hydrogens (tertiary/aromatic N) is 6. The molecule has 5 heterocycles. The summed E-state index contributed by atoms with van der Waals surface area (Å²) < 4.78 is 0. The van der Waals surface area contributed by atoms with Crippen LogP contribution in [0.2, 0.25) is 0 Å². The molecule has 0 aliphatic carbocycles. The van der Waals surface area contributed by atoms with E-state index >= 15 is 0 Å². The first-order chi connectivity index (χ1) is 24.7. The van der Waals surface area contributed by atoms with Crippen molar-refractivity contribution in [3.05, 3.63) is 158 Å². The van der Waals surface area contributed by atoms with E-state index in [9.17, 15) is 0 Å². The van der Waals surface area contributed by atoms with Crippen LogP contribution in [0.1, 0.15) is 0 Å². The lowest BCUT2D eigenvalue weighted by Gasteiger charge is -2.09. The first kappa shape index (κ1) is 28.1. The minimum atomic E-state index is 0.803. The fourth-order valence-corrected chi connectivity index (χ4v) is 6.79. The fraction of sp³-hybridized carbons (Fsp3) is 0. The van der Waals surface area contributed by atoms with Gasteiger partial charge in [0.2, 0.25) is 0 Å². The maximum atomic E-state index is 5.13. The molecule has 50 heavy (non-hydrogen) atoms. The Balaban J connectivity index is 0.978. The van der Waals surface area contributed by atoms with Gasteiger partial charge in [-0.1, -0.05) is 84.9 Å². The Hall–Kier alpha value is -6.92. The van der Waals surface area contributed by atoms with E-state index in [1.54, 1.807) is 12.5 Å². The number of hydrogen-bond donors (Lipinski definition) is 0. The van der Waals surface area contributed by atoms with Crippen LogP contribution in [0.5, 0.6) is 0 Å². The molecule has 0 aliphatic rings. The van der Waals surface area contributed by atoms with E-state index in [1.807, 2.05) is 24.4 Å². The highest BCUT2D eigenvalue weighted by Crippen LogP contribution is 2.32. The van der Waals surface area contributed by atoms with Gasteiger partial charge in [-0.15, -0.1) is 0 Å². The second-order valence-corrected chi connectivity index (χ2v) is 12.5. The Morgan fingerprint density at radius 2 is 0.860 bits per heavy atom. The highest BCUT2D eigenvalue weighted by atomic mass is 14.8. The van der Waals surface area contributed by atoms with Gasteiger partial charge in [0, 0.05) is 45.1 Å². The highest BCUT2D eigenvalue weighted by molar-refractivity contribution is 6.03.